The number of hydrogen-bond acceptors (Lipinski definition) is 7. The molecule has 2 aromatic heterocycles. The highest BCUT2D eigenvalue weighted by Crippen LogP contribution is 2.32. The van der Waals surface area contributed by atoms with Crippen molar-refractivity contribution in [3.05, 3.63) is 34.3 Å². The summed E-state index contributed by atoms with van der Waals surface area (Å²) in [4.78, 5) is 20.9. The summed E-state index contributed by atoms with van der Waals surface area (Å²) in [5.41, 5.74) is 0.589. The maximum absolute atomic E-state index is 14.0. The van der Waals surface area contributed by atoms with Gasteiger partial charge in [0.15, 0.2) is 10.9 Å². The summed E-state index contributed by atoms with van der Waals surface area (Å²) in [6.45, 7) is 2.64. The molecule has 0 aliphatic carbocycles. The quantitative estimate of drug-likeness (QED) is 0.678. The Hall–Kier alpha value is -2.04. The number of nitrogens with zero attached hydrogens (tertiary/aromatic N) is 5. The van der Waals surface area contributed by atoms with Crippen LogP contribution in [0.1, 0.15) is 15.4 Å². The van der Waals surface area contributed by atoms with Crippen LogP contribution in [-0.4, -0.2) is 52.6 Å². The Morgan fingerprint density at radius 3 is 2.64 bits per heavy atom. The summed E-state index contributed by atoms with van der Waals surface area (Å²) in [7, 11) is 3.77. The standard InChI is InChI=1S/C15H15F2N5OS2/c1-8-13(25-20-19-8)14(23)22(5-4-21(2)3)15-18-12-10(17)6-9(16)7-11(12)24-15/h6-7H,4-5H2,1-3H3. The third-order valence-electron chi connectivity index (χ3n) is 3.49. The average molecular weight is 383 g/mol. The summed E-state index contributed by atoms with van der Waals surface area (Å²) >= 11 is 2.08. The first-order valence-electron chi connectivity index (χ1n) is 7.38. The maximum Gasteiger partial charge on any atom is 0.273 e. The SMILES string of the molecule is Cc1nnsc1C(=O)N(CCN(C)C)c1nc2c(F)cc(F)cc2s1. The van der Waals surface area contributed by atoms with E-state index in [9.17, 15) is 13.6 Å². The van der Waals surface area contributed by atoms with Crippen LogP contribution in [0.25, 0.3) is 10.2 Å². The first-order valence-corrected chi connectivity index (χ1v) is 8.97. The first kappa shape index (κ1) is 17.8. The van der Waals surface area contributed by atoms with Gasteiger partial charge in [-0.15, -0.1) is 5.10 Å². The molecule has 0 spiro atoms. The van der Waals surface area contributed by atoms with E-state index in [2.05, 4.69) is 14.6 Å². The number of aryl methyl sites for hydroxylation is 1. The Balaban J connectivity index is 2.03. The molecule has 10 heteroatoms. The van der Waals surface area contributed by atoms with Crippen LogP contribution >= 0.6 is 22.9 Å². The second-order valence-electron chi connectivity index (χ2n) is 5.68. The molecule has 0 atom stereocenters. The normalized spacial score (nSPS) is 11.4. The van der Waals surface area contributed by atoms with Gasteiger partial charge in [-0.05, 0) is 38.6 Å². The van der Waals surface area contributed by atoms with Gasteiger partial charge in [-0.3, -0.25) is 9.69 Å². The molecule has 0 bridgehead atoms. The molecular weight excluding hydrogens is 368 g/mol. The molecule has 0 N–H and O–H groups in total. The lowest BCUT2D eigenvalue weighted by atomic mass is 10.3. The molecule has 132 valence electrons. The summed E-state index contributed by atoms with van der Waals surface area (Å²) in [5.74, 6) is -1.71. The topological polar surface area (TPSA) is 62.2 Å². The number of benzene rings is 1. The van der Waals surface area contributed by atoms with Crippen molar-refractivity contribution >= 4 is 44.1 Å². The molecule has 0 unspecified atom stereocenters. The molecule has 0 aliphatic heterocycles. The van der Waals surface area contributed by atoms with Gasteiger partial charge in [-0.25, -0.2) is 13.8 Å². The lowest BCUT2D eigenvalue weighted by Crippen LogP contribution is -2.36. The summed E-state index contributed by atoms with van der Waals surface area (Å²) in [6, 6.07) is 2.00. The van der Waals surface area contributed by atoms with Gasteiger partial charge >= 0.3 is 0 Å². The highest BCUT2D eigenvalue weighted by atomic mass is 32.1. The van der Waals surface area contributed by atoms with Gasteiger partial charge < -0.3 is 4.90 Å². The fourth-order valence-corrected chi connectivity index (χ4v) is 3.83. The molecule has 1 aromatic carbocycles. The number of thiazole rings is 1. The van der Waals surface area contributed by atoms with Crippen molar-refractivity contribution in [3.63, 3.8) is 0 Å². The van der Waals surface area contributed by atoms with Gasteiger partial charge in [0.1, 0.15) is 16.2 Å². The molecule has 0 aliphatic rings. The number of rotatable bonds is 5. The largest absolute Gasteiger partial charge is 0.308 e. The minimum atomic E-state index is -0.742. The van der Waals surface area contributed by atoms with Crippen LogP contribution in [0.2, 0.25) is 0 Å². The van der Waals surface area contributed by atoms with Gasteiger partial charge in [0.05, 0.1) is 10.4 Å². The number of amides is 1. The number of aromatic nitrogens is 3. The summed E-state index contributed by atoms with van der Waals surface area (Å²) in [5, 5.41) is 4.18. The number of carbonyl (C=O) groups excluding carboxylic acids is 1. The van der Waals surface area contributed by atoms with Crippen molar-refractivity contribution in [1.29, 1.82) is 0 Å². The predicted molar refractivity (Wildman–Crippen MR) is 94.4 cm³/mol. The van der Waals surface area contributed by atoms with E-state index in [-0.39, 0.29) is 11.4 Å². The monoisotopic (exact) mass is 383 g/mol. The summed E-state index contributed by atoms with van der Waals surface area (Å²) < 4.78 is 31.5. The van der Waals surface area contributed by atoms with E-state index in [1.54, 1.807) is 6.92 Å². The number of carbonyl (C=O) groups is 1. The third kappa shape index (κ3) is 3.65. The van der Waals surface area contributed by atoms with Crippen LogP contribution in [0.5, 0.6) is 0 Å². The van der Waals surface area contributed by atoms with E-state index in [1.165, 1.54) is 11.0 Å². The number of likely N-dealkylation sites (N-methyl/N-ethyl adjacent to an activating group) is 1. The molecule has 1 amide bonds. The Labute approximate surface area is 150 Å². The Bertz CT molecular complexity index is 924. The van der Waals surface area contributed by atoms with Crippen molar-refractivity contribution in [2.75, 3.05) is 32.1 Å². The number of halogens is 2. The number of fused-ring (bicyclic) bond motifs is 1. The molecule has 0 radical (unpaired) electrons. The molecule has 25 heavy (non-hydrogen) atoms. The van der Waals surface area contributed by atoms with E-state index in [0.29, 0.717) is 33.5 Å². The van der Waals surface area contributed by atoms with Crippen molar-refractivity contribution in [2.24, 2.45) is 0 Å². The fourth-order valence-electron chi connectivity index (χ4n) is 2.20. The van der Waals surface area contributed by atoms with E-state index in [0.717, 1.165) is 28.9 Å². The second-order valence-corrected chi connectivity index (χ2v) is 7.44. The molecule has 0 saturated carbocycles. The Kier molecular flexibility index (Phi) is 5.02. The first-order chi connectivity index (χ1) is 11.9. The van der Waals surface area contributed by atoms with E-state index < -0.39 is 11.6 Å². The highest BCUT2D eigenvalue weighted by molar-refractivity contribution is 7.22. The number of hydrogen-bond donors (Lipinski definition) is 0. The highest BCUT2D eigenvalue weighted by Gasteiger charge is 2.25. The van der Waals surface area contributed by atoms with Crippen molar-refractivity contribution in [1.82, 2.24) is 19.5 Å². The molecule has 3 rings (SSSR count). The van der Waals surface area contributed by atoms with Crippen LogP contribution < -0.4 is 4.90 Å². The molecule has 0 fully saturated rings. The molecule has 2 heterocycles. The van der Waals surface area contributed by atoms with Crippen molar-refractivity contribution in [2.45, 2.75) is 6.92 Å². The lowest BCUT2D eigenvalue weighted by molar-refractivity contribution is 0.0988. The zero-order valence-electron chi connectivity index (χ0n) is 13.8. The molecule has 0 saturated heterocycles. The molecule has 3 aromatic rings. The lowest BCUT2D eigenvalue weighted by Gasteiger charge is -2.21. The van der Waals surface area contributed by atoms with E-state index >= 15 is 0 Å². The van der Waals surface area contributed by atoms with Crippen LogP contribution in [0.3, 0.4) is 0 Å². The van der Waals surface area contributed by atoms with Crippen molar-refractivity contribution in [3.8, 4) is 0 Å². The van der Waals surface area contributed by atoms with Gasteiger partial charge in [0.25, 0.3) is 5.91 Å². The Morgan fingerprint density at radius 2 is 2.00 bits per heavy atom. The van der Waals surface area contributed by atoms with E-state index in [4.69, 9.17) is 0 Å². The fraction of sp³-hybridized carbons (Fsp3) is 0.333. The zero-order chi connectivity index (χ0) is 18.1. The second kappa shape index (κ2) is 7.06. The van der Waals surface area contributed by atoms with Crippen LogP contribution in [0.4, 0.5) is 13.9 Å². The van der Waals surface area contributed by atoms with Crippen LogP contribution in [0.15, 0.2) is 12.1 Å². The smallest absolute Gasteiger partial charge is 0.273 e. The Morgan fingerprint density at radius 1 is 1.24 bits per heavy atom. The average Bonchev–Trinajstić information content (AvgIpc) is 3.13. The predicted octanol–water partition coefficient (Wildman–Crippen LogP) is 2.94. The zero-order valence-corrected chi connectivity index (χ0v) is 15.4. The van der Waals surface area contributed by atoms with Gasteiger partial charge in [0, 0.05) is 19.2 Å². The minimum absolute atomic E-state index is 0.0585. The van der Waals surface area contributed by atoms with Crippen LogP contribution in [-0.2, 0) is 0 Å². The van der Waals surface area contributed by atoms with Gasteiger partial charge in [-0.2, -0.15) is 0 Å². The minimum Gasteiger partial charge on any atom is -0.308 e. The van der Waals surface area contributed by atoms with E-state index in [1.807, 2.05) is 19.0 Å². The number of anilines is 1. The van der Waals surface area contributed by atoms with Crippen molar-refractivity contribution < 1.29 is 13.6 Å². The van der Waals surface area contributed by atoms with Gasteiger partial charge in [0.2, 0.25) is 0 Å². The molecular formula is C15H15F2N5OS2. The van der Waals surface area contributed by atoms with Crippen LogP contribution in [0, 0.1) is 18.6 Å². The third-order valence-corrected chi connectivity index (χ3v) is 5.34. The maximum atomic E-state index is 14.0. The molecule has 6 nitrogen and oxygen atoms in total. The van der Waals surface area contributed by atoms with Gasteiger partial charge in [-0.1, -0.05) is 15.8 Å². The summed E-state index contributed by atoms with van der Waals surface area (Å²) in [6.07, 6.45) is 0.